The fourth-order valence-corrected chi connectivity index (χ4v) is 1.39. The number of rotatable bonds is 3. The highest BCUT2D eigenvalue weighted by Gasteiger charge is 2.10. The second-order valence-electron chi connectivity index (χ2n) is 4.73. The van der Waals surface area contributed by atoms with Crippen LogP contribution in [-0.4, -0.2) is 18.0 Å². The number of aliphatic imine (C=N–C) groups is 1. The Morgan fingerprint density at radius 3 is 2.29 bits per heavy atom. The molecule has 0 fully saturated rings. The van der Waals surface area contributed by atoms with Crippen molar-refractivity contribution < 1.29 is 4.74 Å². The Kier molecular flexibility index (Phi) is 4.52. The average molecular weight is 235 g/mol. The number of amidine groups is 1. The van der Waals surface area contributed by atoms with Crippen molar-refractivity contribution in [2.24, 2.45) is 10.8 Å². The molecule has 3 N–H and O–H groups in total. The summed E-state index contributed by atoms with van der Waals surface area (Å²) in [6.45, 7) is 8.70. The van der Waals surface area contributed by atoms with Crippen LogP contribution in [0.4, 0.5) is 0 Å². The maximum absolute atomic E-state index is 5.50. The molecule has 0 unspecified atom stereocenters. The van der Waals surface area contributed by atoms with E-state index >= 15 is 0 Å². The molecule has 0 aliphatic rings. The molecule has 0 amide bonds. The molecule has 0 radical (unpaired) electrons. The predicted octanol–water partition coefficient (Wildman–Crippen LogP) is 2.09. The van der Waals surface area contributed by atoms with Gasteiger partial charge in [0.05, 0.1) is 12.1 Å². The van der Waals surface area contributed by atoms with Crippen molar-refractivity contribution in [2.75, 3.05) is 6.61 Å². The summed E-state index contributed by atoms with van der Waals surface area (Å²) >= 11 is 0. The zero-order chi connectivity index (χ0) is 12.9. The van der Waals surface area contributed by atoms with Crippen molar-refractivity contribution in [3.8, 4) is 5.75 Å². The summed E-state index contributed by atoms with van der Waals surface area (Å²) in [5.74, 6) is 7.03. The number of nitrogens with zero attached hydrogens (tertiary/aromatic N) is 1. The molecule has 1 aromatic rings. The van der Waals surface area contributed by atoms with Gasteiger partial charge < -0.3 is 10.2 Å². The van der Waals surface area contributed by atoms with Gasteiger partial charge in [-0.3, -0.25) is 4.99 Å². The van der Waals surface area contributed by atoms with Crippen LogP contribution in [0.2, 0.25) is 0 Å². The molecule has 4 heteroatoms. The van der Waals surface area contributed by atoms with Crippen LogP contribution >= 0.6 is 0 Å². The lowest BCUT2D eigenvalue weighted by molar-refractivity contribution is 0.340. The minimum Gasteiger partial charge on any atom is -0.494 e. The Hall–Kier alpha value is -1.55. The second-order valence-corrected chi connectivity index (χ2v) is 4.73. The smallest absolute Gasteiger partial charge is 0.143 e. The standard InChI is InChI=1S/C13H21N3O/c1-5-17-11-8-6-10(7-9-11)12(16-14)15-13(2,3)4/h6-9H,5,14H2,1-4H3,(H,15,16). The van der Waals surface area contributed by atoms with Crippen molar-refractivity contribution in [1.29, 1.82) is 0 Å². The molecule has 0 bridgehead atoms. The Bertz CT molecular complexity index is 377. The summed E-state index contributed by atoms with van der Waals surface area (Å²) in [6.07, 6.45) is 0. The van der Waals surface area contributed by atoms with Crippen molar-refractivity contribution >= 4 is 5.84 Å². The molecule has 0 saturated heterocycles. The lowest BCUT2D eigenvalue weighted by Crippen LogP contribution is -2.33. The Labute approximate surface area is 103 Å². The van der Waals surface area contributed by atoms with E-state index in [2.05, 4.69) is 10.4 Å². The first-order valence-electron chi connectivity index (χ1n) is 5.76. The van der Waals surface area contributed by atoms with Gasteiger partial charge in [0.25, 0.3) is 0 Å². The van der Waals surface area contributed by atoms with E-state index in [0.717, 1.165) is 11.3 Å². The van der Waals surface area contributed by atoms with E-state index < -0.39 is 0 Å². The Balaban J connectivity index is 2.94. The first-order valence-corrected chi connectivity index (χ1v) is 5.76. The normalized spacial score (nSPS) is 12.4. The Morgan fingerprint density at radius 2 is 1.88 bits per heavy atom. The van der Waals surface area contributed by atoms with Crippen LogP contribution in [0.3, 0.4) is 0 Å². The molecule has 4 nitrogen and oxygen atoms in total. The quantitative estimate of drug-likeness (QED) is 0.365. The molecular weight excluding hydrogens is 214 g/mol. The van der Waals surface area contributed by atoms with Gasteiger partial charge in [0.1, 0.15) is 11.6 Å². The monoisotopic (exact) mass is 235 g/mol. The molecule has 0 heterocycles. The number of nitrogens with one attached hydrogen (secondary N) is 1. The number of nitrogens with two attached hydrogens (primary N) is 1. The summed E-state index contributed by atoms with van der Waals surface area (Å²) in [6, 6.07) is 7.70. The number of hydrazine groups is 1. The average Bonchev–Trinajstić information content (AvgIpc) is 2.26. The van der Waals surface area contributed by atoms with Crippen molar-refractivity contribution in [1.82, 2.24) is 5.43 Å². The summed E-state index contributed by atoms with van der Waals surface area (Å²) in [4.78, 5) is 4.51. The number of hydrogen-bond donors (Lipinski definition) is 2. The molecule has 0 aliphatic heterocycles. The van der Waals surface area contributed by atoms with E-state index in [1.54, 1.807) is 0 Å². The van der Waals surface area contributed by atoms with Crippen molar-refractivity contribution in [3.05, 3.63) is 29.8 Å². The maximum Gasteiger partial charge on any atom is 0.143 e. The van der Waals surface area contributed by atoms with Gasteiger partial charge in [-0.2, -0.15) is 0 Å². The molecule has 0 atom stereocenters. The molecule has 17 heavy (non-hydrogen) atoms. The predicted molar refractivity (Wildman–Crippen MR) is 71.2 cm³/mol. The van der Waals surface area contributed by atoms with E-state index in [1.165, 1.54) is 0 Å². The third-order valence-electron chi connectivity index (χ3n) is 2.02. The zero-order valence-electron chi connectivity index (χ0n) is 10.9. The van der Waals surface area contributed by atoms with Gasteiger partial charge >= 0.3 is 0 Å². The van der Waals surface area contributed by atoms with Gasteiger partial charge in [-0.05, 0) is 52.0 Å². The number of hydrogen-bond acceptors (Lipinski definition) is 3. The Morgan fingerprint density at radius 1 is 1.29 bits per heavy atom. The van der Waals surface area contributed by atoms with Crippen LogP contribution in [0.15, 0.2) is 29.3 Å². The largest absolute Gasteiger partial charge is 0.494 e. The fourth-order valence-electron chi connectivity index (χ4n) is 1.39. The van der Waals surface area contributed by atoms with E-state index in [0.29, 0.717) is 12.4 Å². The fraction of sp³-hybridized carbons (Fsp3) is 0.462. The van der Waals surface area contributed by atoms with Gasteiger partial charge in [0.2, 0.25) is 0 Å². The van der Waals surface area contributed by atoms with Crippen LogP contribution in [0, 0.1) is 0 Å². The van der Waals surface area contributed by atoms with Crippen LogP contribution in [0.5, 0.6) is 5.75 Å². The van der Waals surface area contributed by atoms with E-state index in [9.17, 15) is 0 Å². The molecule has 0 saturated carbocycles. The third kappa shape index (κ3) is 4.44. The van der Waals surface area contributed by atoms with Crippen molar-refractivity contribution in [2.45, 2.75) is 33.2 Å². The topological polar surface area (TPSA) is 59.6 Å². The molecule has 1 rings (SSSR count). The SMILES string of the molecule is CCOc1ccc(C(=NC(C)(C)C)NN)cc1. The maximum atomic E-state index is 5.50. The van der Waals surface area contributed by atoms with E-state index in [-0.39, 0.29) is 5.54 Å². The van der Waals surface area contributed by atoms with Crippen LogP contribution in [0.1, 0.15) is 33.3 Å². The second kappa shape index (κ2) is 5.68. The molecule has 0 aliphatic carbocycles. The van der Waals surface area contributed by atoms with Gasteiger partial charge in [-0.1, -0.05) is 0 Å². The molecule has 0 aromatic heterocycles. The third-order valence-corrected chi connectivity index (χ3v) is 2.02. The van der Waals surface area contributed by atoms with Crippen LogP contribution < -0.4 is 16.0 Å². The van der Waals surface area contributed by atoms with Gasteiger partial charge in [0, 0.05) is 5.56 Å². The van der Waals surface area contributed by atoms with E-state index in [1.807, 2.05) is 52.0 Å². The van der Waals surface area contributed by atoms with Crippen molar-refractivity contribution in [3.63, 3.8) is 0 Å². The summed E-state index contributed by atoms with van der Waals surface area (Å²) in [5, 5.41) is 0. The first-order chi connectivity index (χ1) is 7.96. The summed E-state index contributed by atoms with van der Waals surface area (Å²) in [5.41, 5.74) is 3.42. The first kappa shape index (κ1) is 13.5. The van der Waals surface area contributed by atoms with Gasteiger partial charge in [-0.25, -0.2) is 5.84 Å². The highest BCUT2D eigenvalue weighted by Crippen LogP contribution is 2.14. The number of benzene rings is 1. The van der Waals surface area contributed by atoms with Gasteiger partial charge in [-0.15, -0.1) is 0 Å². The summed E-state index contributed by atoms with van der Waals surface area (Å²) in [7, 11) is 0. The highest BCUT2D eigenvalue weighted by molar-refractivity contribution is 5.98. The van der Waals surface area contributed by atoms with Gasteiger partial charge in [0.15, 0.2) is 0 Å². The van der Waals surface area contributed by atoms with E-state index in [4.69, 9.17) is 10.6 Å². The van der Waals surface area contributed by atoms with Crippen LogP contribution in [-0.2, 0) is 0 Å². The molecule has 0 spiro atoms. The lowest BCUT2D eigenvalue weighted by Gasteiger charge is -2.16. The lowest BCUT2D eigenvalue weighted by atomic mass is 10.1. The number of ether oxygens (including phenoxy) is 1. The minimum absolute atomic E-state index is 0.166. The highest BCUT2D eigenvalue weighted by atomic mass is 16.5. The zero-order valence-corrected chi connectivity index (χ0v) is 10.9. The minimum atomic E-state index is -0.166. The van der Waals surface area contributed by atoms with Crippen LogP contribution in [0.25, 0.3) is 0 Å². The molecule has 94 valence electrons. The summed E-state index contributed by atoms with van der Waals surface area (Å²) < 4.78 is 5.38. The molecule has 1 aromatic carbocycles. The molecular formula is C13H21N3O.